The minimum Gasteiger partial charge on any atom is -0.507 e. The van der Waals surface area contributed by atoms with E-state index < -0.39 is 0 Å². The molecule has 0 saturated carbocycles. The van der Waals surface area contributed by atoms with Crippen LogP contribution in [0.5, 0.6) is 5.75 Å². The lowest BCUT2D eigenvalue weighted by atomic mass is 10.0. The summed E-state index contributed by atoms with van der Waals surface area (Å²) >= 11 is 3.45. The number of phenolic OH excluding ortho intramolecular Hbond substituents is 1. The van der Waals surface area contributed by atoms with Crippen molar-refractivity contribution < 1.29 is 9.90 Å². The highest BCUT2D eigenvalue weighted by Gasteiger charge is 2.25. The van der Waals surface area contributed by atoms with Gasteiger partial charge < -0.3 is 10.4 Å². The maximum absolute atomic E-state index is 12.2. The molecule has 0 radical (unpaired) electrons. The van der Waals surface area contributed by atoms with Crippen LogP contribution in [0.25, 0.3) is 11.6 Å². The molecule has 2 aromatic rings. The fourth-order valence-corrected chi connectivity index (χ4v) is 3.03. The Labute approximate surface area is 131 Å². The lowest BCUT2D eigenvalue weighted by Gasteiger charge is -2.06. The van der Waals surface area contributed by atoms with Crippen molar-refractivity contribution in [1.82, 2.24) is 0 Å². The van der Waals surface area contributed by atoms with E-state index in [1.807, 2.05) is 50.3 Å². The number of nitrogens with one attached hydrogen (secondary N) is 1. The average molecular weight is 344 g/mol. The predicted molar refractivity (Wildman–Crippen MR) is 88.2 cm³/mol. The fourth-order valence-electron chi connectivity index (χ4n) is 2.56. The van der Waals surface area contributed by atoms with E-state index in [0.29, 0.717) is 11.3 Å². The molecule has 2 N–H and O–H groups in total. The Balaban J connectivity index is 2.14. The summed E-state index contributed by atoms with van der Waals surface area (Å²) in [7, 11) is 0. The summed E-state index contributed by atoms with van der Waals surface area (Å²) in [5.41, 5.74) is 4.83. The first-order valence-corrected chi connectivity index (χ1v) is 7.39. The van der Waals surface area contributed by atoms with Gasteiger partial charge in [-0.1, -0.05) is 12.1 Å². The van der Waals surface area contributed by atoms with Gasteiger partial charge >= 0.3 is 0 Å². The van der Waals surface area contributed by atoms with E-state index in [1.54, 1.807) is 0 Å². The van der Waals surface area contributed by atoms with Crippen molar-refractivity contribution in [2.75, 3.05) is 5.32 Å². The molecule has 3 nitrogen and oxygen atoms in total. The molecular weight excluding hydrogens is 330 g/mol. The third-order valence-electron chi connectivity index (χ3n) is 3.61. The SMILES string of the molecule is Cc1cc(/C=C2/C(=O)Nc3c(Br)cccc32)cc(C)c1O. The Bertz CT molecular complexity index is 770. The van der Waals surface area contributed by atoms with E-state index in [-0.39, 0.29) is 5.91 Å². The molecule has 1 aliphatic rings. The summed E-state index contributed by atoms with van der Waals surface area (Å²) in [6.45, 7) is 3.70. The van der Waals surface area contributed by atoms with Gasteiger partial charge in [-0.3, -0.25) is 4.79 Å². The summed E-state index contributed by atoms with van der Waals surface area (Å²) in [5.74, 6) is 0.191. The number of hydrogen-bond donors (Lipinski definition) is 2. The van der Waals surface area contributed by atoms with E-state index >= 15 is 0 Å². The number of fused-ring (bicyclic) bond motifs is 1. The van der Waals surface area contributed by atoms with E-state index in [9.17, 15) is 9.90 Å². The number of hydrogen-bond acceptors (Lipinski definition) is 2. The van der Waals surface area contributed by atoms with Gasteiger partial charge in [0.25, 0.3) is 5.91 Å². The third kappa shape index (κ3) is 2.36. The molecule has 0 atom stereocenters. The van der Waals surface area contributed by atoms with Gasteiger partial charge in [0.15, 0.2) is 0 Å². The van der Waals surface area contributed by atoms with Crippen LogP contribution < -0.4 is 5.32 Å². The highest BCUT2D eigenvalue weighted by Crippen LogP contribution is 2.38. The van der Waals surface area contributed by atoms with Crippen LogP contribution in [0.2, 0.25) is 0 Å². The molecule has 1 heterocycles. The van der Waals surface area contributed by atoms with Crippen molar-refractivity contribution >= 4 is 39.2 Å². The molecule has 0 bridgehead atoms. The minimum absolute atomic E-state index is 0.111. The molecular formula is C17H14BrNO2. The smallest absolute Gasteiger partial charge is 0.256 e. The van der Waals surface area contributed by atoms with Gasteiger partial charge in [0, 0.05) is 15.6 Å². The highest BCUT2D eigenvalue weighted by molar-refractivity contribution is 9.10. The number of rotatable bonds is 1. The Kier molecular flexibility index (Phi) is 3.33. The number of aryl methyl sites for hydroxylation is 2. The van der Waals surface area contributed by atoms with Gasteiger partial charge in [-0.2, -0.15) is 0 Å². The number of aromatic hydroxyl groups is 1. The molecule has 0 aliphatic carbocycles. The van der Waals surface area contributed by atoms with Crippen molar-refractivity contribution in [2.24, 2.45) is 0 Å². The summed E-state index contributed by atoms with van der Waals surface area (Å²) in [6.07, 6.45) is 1.85. The van der Waals surface area contributed by atoms with Gasteiger partial charge in [0.05, 0.1) is 5.69 Å². The van der Waals surface area contributed by atoms with Gasteiger partial charge in [0.2, 0.25) is 0 Å². The molecule has 1 aliphatic heterocycles. The van der Waals surface area contributed by atoms with Crippen LogP contribution in [-0.4, -0.2) is 11.0 Å². The maximum Gasteiger partial charge on any atom is 0.256 e. The summed E-state index contributed by atoms with van der Waals surface area (Å²) in [6, 6.07) is 9.47. The quantitative estimate of drug-likeness (QED) is 0.760. The first-order chi connectivity index (χ1) is 9.97. The molecule has 0 aromatic heterocycles. The largest absolute Gasteiger partial charge is 0.507 e. The summed E-state index contributed by atoms with van der Waals surface area (Å²) < 4.78 is 0.870. The first kappa shape index (κ1) is 13.9. The fraction of sp³-hybridized carbons (Fsp3) is 0.118. The Morgan fingerprint density at radius 1 is 1.19 bits per heavy atom. The van der Waals surface area contributed by atoms with Crippen LogP contribution in [0, 0.1) is 13.8 Å². The highest BCUT2D eigenvalue weighted by atomic mass is 79.9. The average Bonchev–Trinajstić information content (AvgIpc) is 2.75. The second kappa shape index (κ2) is 5.04. The van der Waals surface area contributed by atoms with Crippen LogP contribution in [0.3, 0.4) is 0 Å². The summed E-state index contributed by atoms with van der Waals surface area (Å²) in [4.78, 5) is 12.2. The van der Waals surface area contributed by atoms with Crippen LogP contribution in [-0.2, 0) is 4.79 Å². The Hall–Kier alpha value is -2.07. The second-order valence-electron chi connectivity index (χ2n) is 5.18. The molecule has 21 heavy (non-hydrogen) atoms. The number of halogens is 1. The Morgan fingerprint density at radius 2 is 1.86 bits per heavy atom. The van der Waals surface area contributed by atoms with E-state index in [1.165, 1.54) is 0 Å². The normalized spacial score (nSPS) is 15.2. The van der Waals surface area contributed by atoms with Crippen molar-refractivity contribution in [3.05, 3.63) is 57.1 Å². The zero-order chi connectivity index (χ0) is 15.1. The van der Waals surface area contributed by atoms with Gasteiger partial charge in [-0.25, -0.2) is 0 Å². The number of phenols is 1. The number of benzene rings is 2. The number of amides is 1. The number of carbonyl (C=O) groups is 1. The predicted octanol–water partition coefficient (Wildman–Crippen LogP) is 4.26. The zero-order valence-electron chi connectivity index (χ0n) is 11.7. The molecule has 106 valence electrons. The first-order valence-electron chi connectivity index (χ1n) is 6.59. The third-order valence-corrected chi connectivity index (χ3v) is 4.27. The Morgan fingerprint density at radius 3 is 2.52 bits per heavy atom. The van der Waals surface area contributed by atoms with E-state index in [0.717, 1.165) is 32.4 Å². The molecule has 0 spiro atoms. The van der Waals surface area contributed by atoms with Crippen molar-refractivity contribution in [1.29, 1.82) is 0 Å². The maximum atomic E-state index is 12.2. The van der Waals surface area contributed by atoms with Crippen molar-refractivity contribution in [3.63, 3.8) is 0 Å². The van der Waals surface area contributed by atoms with Crippen LogP contribution in [0.1, 0.15) is 22.3 Å². The van der Waals surface area contributed by atoms with Crippen LogP contribution in [0.4, 0.5) is 5.69 Å². The summed E-state index contributed by atoms with van der Waals surface area (Å²) in [5, 5.41) is 12.7. The van der Waals surface area contributed by atoms with Crippen molar-refractivity contribution in [2.45, 2.75) is 13.8 Å². The topological polar surface area (TPSA) is 49.3 Å². The van der Waals surface area contributed by atoms with Gasteiger partial charge in [-0.15, -0.1) is 0 Å². The molecule has 2 aromatic carbocycles. The van der Waals surface area contributed by atoms with Crippen LogP contribution in [0.15, 0.2) is 34.8 Å². The van der Waals surface area contributed by atoms with Crippen LogP contribution >= 0.6 is 15.9 Å². The molecule has 0 fully saturated rings. The van der Waals surface area contributed by atoms with Gasteiger partial charge in [0.1, 0.15) is 5.75 Å². The van der Waals surface area contributed by atoms with Crippen molar-refractivity contribution in [3.8, 4) is 5.75 Å². The molecule has 0 unspecified atom stereocenters. The molecule has 3 rings (SSSR count). The molecule has 4 heteroatoms. The number of carbonyl (C=O) groups excluding carboxylic acids is 1. The second-order valence-corrected chi connectivity index (χ2v) is 6.03. The lowest BCUT2D eigenvalue weighted by molar-refractivity contribution is -0.110. The zero-order valence-corrected chi connectivity index (χ0v) is 13.3. The monoisotopic (exact) mass is 343 g/mol. The molecule has 1 amide bonds. The van der Waals surface area contributed by atoms with E-state index in [4.69, 9.17) is 0 Å². The minimum atomic E-state index is -0.111. The number of para-hydroxylation sites is 1. The molecule has 0 saturated heterocycles. The lowest BCUT2D eigenvalue weighted by Crippen LogP contribution is -2.03. The standard InChI is InChI=1S/C17H14BrNO2/c1-9-6-11(7-10(2)16(9)20)8-13-12-4-3-5-14(18)15(12)19-17(13)21/h3-8,20H,1-2H3,(H,19,21)/b13-8+. The number of anilines is 1. The van der Waals surface area contributed by atoms with E-state index in [2.05, 4.69) is 21.2 Å². The van der Waals surface area contributed by atoms with Gasteiger partial charge in [-0.05, 0) is 70.7 Å².